The fourth-order valence-electron chi connectivity index (χ4n) is 5.40. The van der Waals surface area contributed by atoms with Gasteiger partial charge < -0.3 is 30.4 Å². The fourth-order valence-corrected chi connectivity index (χ4v) is 6.36. The van der Waals surface area contributed by atoms with Gasteiger partial charge in [0.05, 0.1) is 29.1 Å². The molecule has 2 aromatic carbocycles. The number of fused-ring (bicyclic) bond motifs is 2. The number of carbonyl (C=O) groups excluding carboxylic acids is 2. The molecule has 3 heterocycles. The van der Waals surface area contributed by atoms with Crippen LogP contribution in [0.3, 0.4) is 0 Å². The maximum absolute atomic E-state index is 14.9. The van der Waals surface area contributed by atoms with Gasteiger partial charge in [0.2, 0.25) is 11.5 Å². The number of hydrogen-bond donors (Lipinski definition) is 3. The third-order valence-electron chi connectivity index (χ3n) is 8.66. The zero-order valence-corrected chi connectivity index (χ0v) is 25.8. The predicted molar refractivity (Wildman–Crippen MR) is 163 cm³/mol. The number of pyridine rings is 1. The Morgan fingerprint density at radius 1 is 1.11 bits per heavy atom. The van der Waals surface area contributed by atoms with Crippen molar-refractivity contribution in [3.63, 3.8) is 0 Å². The van der Waals surface area contributed by atoms with Gasteiger partial charge in [0.25, 0.3) is 5.91 Å². The van der Waals surface area contributed by atoms with Gasteiger partial charge in [-0.2, -0.15) is 13.2 Å². The Morgan fingerprint density at radius 3 is 2.47 bits per heavy atom. The number of primary amides is 1. The minimum atomic E-state index is -5.35. The van der Waals surface area contributed by atoms with Crippen molar-refractivity contribution in [2.45, 2.75) is 62.0 Å². The van der Waals surface area contributed by atoms with E-state index in [1.54, 1.807) is 6.07 Å². The van der Waals surface area contributed by atoms with Gasteiger partial charge in [-0.15, -0.1) is 11.3 Å². The minimum Gasteiger partial charge on any atom is -0.489 e. The molecular weight excluding hydrogens is 642 g/mol. The summed E-state index contributed by atoms with van der Waals surface area (Å²) in [7, 11) is 0. The van der Waals surface area contributed by atoms with Crippen molar-refractivity contribution in [3.8, 4) is 28.5 Å². The molecule has 4 N–H and O–H groups in total. The molecule has 7 rings (SSSR count). The first-order valence-corrected chi connectivity index (χ1v) is 15.9. The summed E-state index contributed by atoms with van der Waals surface area (Å²) in [5, 5.41) is 15.5. The number of carbonyl (C=O) groups is 2. The summed E-state index contributed by atoms with van der Waals surface area (Å²) >= 11 is 1.01. The van der Waals surface area contributed by atoms with Crippen molar-refractivity contribution in [2.75, 3.05) is 13.2 Å². The third-order valence-corrected chi connectivity index (χ3v) is 9.67. The molecule has 0 saturated heterocycles. The Kier molecular flexibility index (Phi) is 7.35. The summed E-state index contributed by atoms with van der Waals surface area (Å²) in [5.74, 6) is -1.57. The van der Waals surface area contributed by atoms with Crippen molar-refractivity contribution in [1.82, 2.24) is 10.3 Å². The van der Waals surface area contributed by atoms with E-state index in [1.807, 2.05) is 0 Å². The fraction of sp³-hybridized carbons (Fsp3) is 0.364. The van der Waals surface area contributed by atoms with E-state index in [1.165, 1.54) is 42.6 Å². The average Bonchev–Trinajstić information content (AvgIpc) is 3.95. The number of nitrogens with one attached hydrogen (secondary N) is 1. The zero-order valence-electron chi connectivity index (χ0n) is 24.9. The number of halogens is 4. The summed E-state index contributed by atoms with van der Waals surface area (Å²) in [6, 6.07) is 9.54. The lowest BCUT2D eigenvalue weighted by Crippen LogP contribution is -2.51. The van der Waals surface area contributed by atoms with Crippen LogP contribution in [0.1, 0.15) is 54.2 Å². The predicted octanol–water partition coefficient (Wildman–Crippen LogP) is 5.50. The summed E-state index contributed by atoms with van der Waals surface area (Å²) in [6.07, 6.45) is -1.87. The van der Waals surface area contributed by atoms with Gasteiger partial charge >= 0.3 is 6.18 Å². The van der Waals surface area contributed by atoms with Crippen LogP contribution in [0.4, 0.5) is 17.6 Å². The zero-order chi connectivity index (χ0) is 33.3. The van der Waals surface area contributed by atoms with Crippen LogP contribution in [0.15, 0.2) is 47.8 Å². The van der Waals surface area contributed by atoms with Gasteiger partial charge in [0.1, 0.15) is 29.3 Å². The normalized spacial score (nSPS) is 20.3. The molecule has 2 saturated carbocycles. The van der Waals surface area contributed by atoms with Gasteiger partial charge in [-0.1, -0.05) is 12.1 Å². The Bertz CT molecular complexity index is 1920. The summed E-state index contributed by atoms with van der Waals surface area (Å²) in [6.45, 7) is -0.210. The van der Waals surface area contributed by atoms with Crippen LogP contribution in [-0.2, 0) is 15.8 Å². The Morgan fingerprint density at radius 2 is 1.81 bits per heavy atom. The van der Waals surface area contributed by atoms with Gasteiger partial charge in [-0.05, 0) is 62.9 Å². The molecule has 47 heavy (non-hydrogen) atoms. The lowest BCUT2D eigenvalue weighted by atomic mass is 9.81. The summed E-state index contributed by atoms with van der Waals surface area (Å²) in [5.41, 5.74) is -0.461. The quantitative estimate of drug-likeness (QED) is 0.190. The highest BCUT2D eigenvalue weighted by molar-refractivity contribution is 7.17. The van der Waals surface area contributed by atoms with E-state index in [2.05, 4.69) is 10.3 Å². The monoisotopic (exact) mass is 671 g/mol. The minimum absolute atomic E-state index is 0.00241. The number of rotatable bonds is 10. The number of nitrogens with two attached hydrogens (primary N) is 1. The van der Waals surface area contributed by atoms with E-state index in [0.29, 0.717) is 16.9 Å². The van der Waals surface area contributed by atoms with E-state index in [9.17, 15) is 32.3 Å². The van der Waals surface area contributed by atoms with Crippen LogP contribution in [0.25, 0.3) is 21.3 Å². The second-order valence-corrected chi connectivity index (χ2v) is 13.2. The van der Waals surface area contributed by atoms with Crippen LogP contribution in [0, 0.1) is 5.82 Å². The number of thiophene rings is 1. The van der Waals surface area contributed by atoms with Crippen LogP contribution in [0.5, 0.6) is 17.2 Å². The van der Waals surface area contributed by atoms with Crippen LogP contribution >= 0.6 is 11.3 Å². The lowest BCUT2D eigenvalue weighted by molar-refractivity contribution is -0.265. The molecule has 1 unspecified atom stereocenters. The van der Waals surface area contributed by atoms with E-state index in [0.717, 1.165) is 43.1 Å². The number of aromatic nitrogens is 1. The van der Waals surface area contributed by atoms with Crippen molar-refractivity contribution in [3.05, 3.63) is 70.5 Å². The first-order chi connectivity index (χ1) is 22.3. The van der Waals surface area contributed by atoms with E-state index in [-0.39, 0.29) is 51.6 Å². The molecule has 9 nitrogen and oxygen atoms in total. The molecule has 1 aliphatic heterocycles. The van der Waals surface area contributed by atoms with Gasteiger partial charge in [0.15, 0.2) is 11.5 Å². The molecule has 0 bridgehead atoms. The SMILES string of the molecule is C[C@]1(C(N)=O)COc2c1cc(C(O)(CNC(=O)c1ccc(OC3CC3)c(OC3CC3)c1)C(F)(F)F)nc2-c1csc2c(F)cccc12. The molecular formula is C33H29F4N3O6S. The summed E-state index contributed by atoms with van der Waals surface area (Å²) in [4.78, 5) is 30.0. The van der Waals surface area contributed by atoms with Crippen molar-refractivity contribution >= 4 is 33.2 Å². The average molecular weight is 672 g/mol. The molecule has 2 atom stereocenters. The molecule has 2 fully saturated rings. The maximum Gasteiger partial charge on any atom is 0.424 e. The number of benzene rings is 2. The molecule has 0 spiro atoms. The van der Waals surface area contributed by atoms with Crippen LogP contribution in [0.2, 0.25) is 0 Å². The first-order valence-electron chi connectivity index (χ1n) is 15.0. The van der Waals surface area contributed by atoms with E-state index >= 15 is 0 Å². The lowest BCUT2D eigenvalue weighted by Gasteiger charge is -2.31. The van der Waals surface area contributed by atoms with Crippen molar-refractivity contribution < 1.29 is 46.5 Å². The van der Waals surface area contributed by atoms with Gasteiger partial charge in [0, 0.05) is 27.5 Å². The number of ether oxygens (including phenoxy) is 3. The van der Waals surface area contributed by atoms with Crippen molar-refractivity contribution in [2.24, 2.45) is 5.73 Å². The third kappa shape index (κ3) is 5.52. The molecule has 14 heteroatoms. The number of hydrogen-bond acceptors (Lipinski definition) is 8. The Labute approximate surface area is 269 Å². The molecule has 246 valence electrons. The molecule has 2 aliphatic carbocycles. The Hall–Kier alpha value is -4.43. The number of nitrogens with zero attached hydrogens (tertiary/aromatic N) is 1. The smallest absolute Gasteiger partial charge is 0.424 e. The number of alkyl halides is 3. The van der Waals surface area contributed by atoms with Crippen LogP contribution in [-0.4, -0.2) is 53.4 Å². The highest BCUT2D eigenvalue weighted by atomic mass is 32.1. The Balaban J connectivity index is 1.27. The first kappa shape index (κ1) is 31.2. The number of aliphatic hydroxyl groups is 1. The number of amides is 2. The largest absolute Gasteiger partial charge is 0.489 e. The molecule has 2 amide bonds. The van der Waals surface area contributed by atoms with Crippen LogP contribution < -0.4 is 25.3 Å². The standard InChI is InChI=1S/C33H29F4N3O6S/c1-31(30(38)42)15-44-27-21(31)12-25(40-26(27)20-13-47-28-19(20)3-2-4-22(28)34)32(43,33(35,36)37)14-39-29(41)16-5-10-23(45-17-6-7-17)24(11-16)46-18-8-9-18/h2-5,10-13,17-18,43H,6-9,14-15H2,1H3,(H2,38,42)(H,39,41)/t31-,32?/m0/s1. The van der Waals surface area contributed by atoms with Gasteiger partial charge in [-0.3, -0.25) is 9.59 Å². The molecule has 2 aromatic heterocycles. The topological polar surface area (TPSA) is 133 Å². The van der Waals surface area contributed by atoms with E-state index in [4.69, 9.17) is 19.9 Å². The maximum atomic E-state index is 14.9. The molecule has 3 aliphatic rings. The highest BCUT2D eigenvalue weighted by Crippen LogP contribution is 2.49. The summed E-state index contributed by atoms with van der Waals surface area (Å²) < 4.78 is 77.0. The van der Waals surface area contributed by atoms with Gasteiger partial charge in [-0.25, -0.2) is 9.37 Å². The second-order valence-electron chi connectivity index (χ2n) is 12.3. The van der Waals surface area contributed by atoms with Crippen molar-refractivity contribution in [1.29, 1.82) is 0 Å². The molecule has 4 aromatic rings. The highest BCUT2D eigenvalue weighted by Gasteiger charge is 2.58. The second kappa shape index (κ2) is 11.1. The molecule has 0 radical (unpaired) electrons. The van der Waals surface area contributed by atoms with E-state index < -0.39 is 47.1 Å².